The van der Waals surface area contributed by atoms with E-state index >= 15 is 0 Å². The van der Waals surface area contributed by atoms with Crippen molar-refractivity contribution in [1.82, 2.24) is 4.31 Å². The van der Waals surface area contributed by atoms with E-state index in [1.54, 1.807) is 0 Å². The maximum Gasteiger partial charge on any atom is 0.307 e. The van der Waals surface area contributed by atoms with Gasteiger partial charge in [-0.05, 0) is 0 Å². The van der Waals surface area contributed by atoms with Crippen molar-refractivity contribution >= 4 is 22.0 Å². The molecule has 0 atom stereocenters. The number of nitrogens with two attached hydrogens (primary N) is 1. The van der Waals surface area contributed by atoms with E-state index in [9.17, 15) is 18.0 Å². The van der Waals surface area contributed by atoms with Crippen molar-refractivity contribution in [2.45, 2.75) is 12.8 Å². The molecule has 0 aromatic heterocycles. The minimum Gasteiger partial charge on any atom is -0.273 e. The molecule has 0 aromatic rings. The van der Waals surface area contributed by atoms with Gasteiger partial charge >= 0.3 is 10.2 Å². The first kappa shape index (κ1) is 8.15. The molecule has 1 saturated heterocycles. The Kier molecular flexibility index (Phi) is 1.69. The van der Waals surface area contributed by atoms with Crippen molar-refractivity contribution in [3.05, 3.63) is 0 Å². The van der Waals surface area contributed by atoms with E-state index in [2.05, 4.69) is 5.14 Å². The average molecular weight is 178 g/mol. The largest absolute Gasteiger partial charge is 0.307 e. The van der Waals surface area contributed by atoms with Crippen LogP contribution in [0.15, 0.2) is 0 Å². The van der Waals surface area contributed by atoms with Crippen molar-refractivity contribution < 1.29 is 18.0 Å². The van der Waals surface area contributed by atoms with Crippen LogP contribution in [0.1, 0.15) is 12.8 Å². The highest BCUT2D eigenvalue weighted by molar-refractivity contribution is 7.87. The Hall–Kier alpha value is -0.950. The monoisotopic (exact) mass is 178 g/mol. The van der Waals surface area contributed by atoms with Crippen LogP contribution in [0.25, 0.3) is 0 Å². The van der Waals surface area contributed by atoms with Crippen molar-refractivity contribution in [3.63, 3.8) is 0 Å². The van der Waals surface area contributed by atoms with Crippen LogP contribution in [0.5, 0.6) is 0 Å². The van der Waals surface area contributed by atoms with Gasteiger partial charge in [-0.2, -0.15) is 12.7 Å². The van der Waals surface area contributed by atoms with Crippen LogP contribution < -0.4 is 5.14 Å². The Morgan fingerprint density at radius 3 is 1.73 bits per heavy atom. The van der Waals surface area contributed by atoms with Crippen LogP contribution in [0.4, 0.5) is 0 Å². The van der Waals surface area contributed by atoms with Gasteiger partial charge in [-0.3, -0.25) is 9.59 Å². The summed E-state index contributed by atoms with van der Waals surface area (Å²) < 4.78 is 21.1. The standard InChI is InChI=1S/C4H6N2O4S/c5-11(9,10)6-3(7)1-2-4(6)8/h1-2H2,(H2,5,9,10). The molecule has 1 fully saturated rings. The fraction of sp³-hybridized carbons (Fsp3) is 0.500. The lowest BCUT2D eigenvalue weighted by molar-refractivity contribution is -0.132. The molecule has 0 radical (unpaired) electrons. The number of hydrogen-bond donors (Lipinski definition) is 1. The number of nitrogens with zero attached hydrogens (tertiary/aromatic N) is 1. The van der Waals surface area contributed by atoms with Crippen LogP contribution >= 0.6 is 0 Å². The lowest BCUT2D eigenvalue weighted by Crippen LogP contribution is -2.40. The molecule has 0 unspecified atom stereocenters. The molecule has 0 aromatic carbocycles. The predicted octanol–water partition coefficient (Wildman–Crippen LogP) is -1.66. The molecule has 1 aliphatic rings. The topological polar surface area (TPSA) is 97.5 Å². The lowest BCUT2D eigenvalue weighted by Gasteiger charge is -2.08. The van der Waals surface area contributed by atoms with Crippen molar-refractivity contribution in [2.75, 3.05) is 0 Å². The van der Waals surface area contributed by atoms with Crippen LogP contribution in [-0.2, 0) is 19.8 Å². The Morgan fingerprint density at radius 1 is 1.18 bits per heavy atom. The van der Waals surface area contributed by atoms with E-state index in [0.717, 1.165) is 0 Å². The van der Waals surface area contributed by atoms with Gasteiger partial charge in [0.05, 0.1) is 0 Å². The molecule has 2 amide bonds. The summed E-state index contributed by atoms with van der Waals surface area (Å²) in [4.78, 5) is 21.4. The molecule has 0 spiro atoms. The van der Waals surface area contributed by atoms with E-state index in [4.69, 9.17) is 0 Å². The average Bonchev–Trinajstić information content (AvgIpc) is 2.08. The van der Waals surface area contributed by atoms with E-state index in [-0.39, 0.29) is 17.1 Å². The van der Waals surface area contributed by atoms with Gasteiger partial charge in [0.15, 0.2) is 0 Å². The molecule has 6 nitrogen and oxygen atoms in total. The SMILES string of the molecule is NS(=O)(=O)N1C(=O)CCC1=O. The fourth-order valence-electron chi connectivity index (χ4n) is 0.840. The minimum atomic E-state index is -4.17. The minimum absolute atomic E-state index is 0.0741. The number of rotatable bonds is 1. The zero-order valence-electron chi connectivity index (χ0n) is 5.48. The van der Waals surface area contributed by atoms with Gasteiger partial charge in [0.1, 0.15) is 0 Å². The summed E-state index contributed by atoms with van der Waals surface area (Å²) in [6.45, 7) is 0. The number of amides is 2. The summed E-state index contributed by atoms with van der Waals surface area (Å²) in [5, 5.41) is 4.58. The molecule has 0 bridgehead atoms. The third-order valence-electron chi connectivity index (χ3n) is 1.26. The molecule has 2 N–H and O–H groups in total. The van der Waals surface area contributed by atoms with Crippen LogP contribution in [0, 0.1) is 0 Å². The Bertz CT molecular complexity index is 290. The second kappa shape index (κ2) is 2.28. The maximum atomic E-state index is 10.7. The molecule has 1 rings (SSSR count). The second-order valence-corrected chi connectivity index (χ2v) is 3.49. The maximum absolute atomic E-state index is 10.7. The third-order valence-corrected chi connectivity index (χ3v) is 2.18. The van der Waals surface area contributed by atoms with Crippen LogP contribution in [0.2, 0.25) is 0 Å². The van der Waals surface area contributed by atoms with Crippen molar-refractivity contribution in [2.24, 2.45) is 5.14 Å². The molecule has 1 heterocycles. The molecule has 11 heavy (non-hydrogen) atoms. The van der Waals surface area contributed by atoms with Gasteiger partial charge in [0.2, 0.25) is 11.8 Å². The predicted molar refractivity (Wildman–Crippen MR) is 34.2 cm³/mol. The molecule has 1 aliphatic heterocycles. The summed E-state index contributed by atoms with van der Waals surface area (Å²) in [6, 6.07) is 0. The normalized spacial score (nSPS) is 19.5. The third kappa shape index (κ3) is 1.38. The fourth-order valence-corrected chi connectivity index (χ4v) is 1.59. The first-order chi connectivity index (χ1) is 4.93. The van der Waals surface area contributed by atoms with E-state index in [0.29, 0.717) is 0 Å². The summed E-state index contributed by atoms with van der Waals surface area (Å²) in [7, 11) is -4.17. The zero-order chi connectivity index (χ0) is 8.65. The first-order valence-corrected chi connectivity index (χ1v) is 4.32. The number of hydrogen-bond acceptors (Lipinski definition) is 4. The van der Waals surface area contributed by atoms with Crippen molar-refractivity contribution in [1.29, 1.82) is 0 Å². The number of carbonyl (C=O) groups is 2. The van der Waals surface area contributed by atoms with Gasteiger partial charge in [-0.25, -0.2) is 5.14 Å². The molecule has 62 valence electrons. The summed E-state index contributed by atoms with van der Waals surface area (Å²) in [5.41, 5.74) is 0. The Morgan fingerprint density at radius 2 is 1.55 bits per heavy atom. The number of imide groups is 1. The first-order valence-electron chi connectivity index (χ1n) is 2.81. The van der Waals surface area contributed by atoms with Gasteiger partial charge in [-0.15, -0.1) is 0 Å². The van der Waals surface area contributed by atoms with Crippen molar-refractivity contribution in [3.8, 4) is 0 Å². The zero-order valence-corrected chi connectivity index (χ0v) is 6.30. The molecule has 7 heteroatoms. The smallest absolute Gasteiger partial charge is 0.273 e. The molecular weight excluding hydrogens is 172 g/mol. The van der Waals surface area contributed by atoms with E-state index < -0.39 is 22.0 Å². The summed E-state index contributed by atoms with van der Waals surface area (Å²) in [6.07, 6.45) is -0.148. The lowest BCUT2D eigenvalue weighted by atomic mass is 10.4. The summed E-state index contributed by atoms with van der Waals surface area (Å²) >= 11 is 0. The van der Waals surface area contributed by atoms with Crippen LogP contribution in [-0.4, -0.2) is 24.5 Å². The highest BCUT2D eigenvalue weighted by atomic mass is 32.2. The van der Waals surface area contributed by atoms with Gasteiger partial charge in [0, 0.05) is 12.8 Å². The van der Waals surface area contributed by atoms with Gasteiger partial charge in [-0.1, -0.05) is 0 Å². The number of carbonyl (C=O) groups excluding carboxylic acids is 2. The second-order valence-electron chi connectivity index (χ2n) is 2.10. The summed E-state index contributed by atoms with van der Waals surface area (Å²) in [5.74, 6) is -1.50. The van der Waals surface area contributed by atoms with Gasteiger partial charge < -0.3 is 0 Å². The van der Waals surface area contributed by atoms with E-state index in [1.165, 1.54) is 0 Å². The molecule has 0 aliphatic carbocycles. The highest BCUT2D eigenvalue weighted by Gasteiger charge is 2.36. The Balaban J connectivity index is 3.05. The van der Waals surface area contributed by atoms with Crippen LogP contribution in [0.3, 0.4) is 0 Å². The molecular formula is C4H6N2O4S. The van der Waals surface area contributed by atoms with Gasteiger partial charge in [0.25, 0.3) is 0 Å². The highest BCUT2D eigenvalue weighted by Crippen LogP contribution is 2.13. The molecule has 0 saturated carbocycles. The Labute approximate surface area is 63.1 Å². The van der Waals surface area contributed by atoms with E-state index in [1.807, 2.05) is 0 Å². The quantitative estimate of drug-likeness (QED) is 0.486.